The minimum Gasteiger partial charge on any atom is -0.0905 e. The second-order valence-corrected chi connectivity index (χ2v) is 5.63. The van der Waals surface area contributed by atoms with Gasteiger partial charge < -0.3 is 0 Å². The lowest BCUT2D eigenvalue weighted by molar-refractivity contribution is 0.505. The first-order valence-corrected chi connectivity index (χ1v) is 6.90. The fraction of sp³-hybridized carbons (Fsp3) is 0.263. The lowest BCUT2D eigenvalue weighted by Crippen LogP contribution is -2.17. The Labute approximate surface area is 116 Å². The number of rotatable bonds is 4. The second kappa shape index (κ2) is 5.44. The molecule has 0 saturated carbocycles. The molecular weight excluding hydrogens is 228 g/mol. The van der Waals surface area contributed by atoms with Gasteiger partial charge in [-0.15, -0.1) is 0 Å². The fourth-order valence-corrected chi connectivity index (χ4v) is 2.32. The Kier molecular flexibility index (Phi) is 3.90. The van der Waals surface area contributed by atoms with E-state index in [1.807, 2.05) is 6.07 Å². The van der Waals surface area contributed by atoms with Gasteiger partial charge in [0.1, 0.15) is 0 Å². The summed E-state index contributed by atoms with van der Waals surface area (Å²) in [5, 5.41) is 0. The smallest absolute Gasteiger partial charge is 0.0100 e. The Morgan fingerprint density at radius 1 is 0.947 bits per heavy atom. The van der Waals surface area contributed by atoms with E-state index in [4.69, 9.17) is 0 Å². The SMILES string of the molecule is C=C(c1ccccc1)c1ccccc1C(C)(C)CC. The molecule has 0 aromatic heterocycles. The van der Waals surface area contributed by atoms with Gasteiger partial charge in [-0.3, -0.25) is 0 Å². The third-order valence-electron chi connectivity index (χ3n) is 3.99. The van der Waals surface area contributed by atoms with E-state index in [0.29, 0.717) is 0 Å². The third-order valence-corrected chi connectivity index (χ3v) is 3.99. The quantitative estimate of drug-likeness (QED) is 0.678. The molecule has 0 fully saturated rings. The summed E-state index contributed by atoms with van der Waals surface area (Å²) in [5.41, 5.74) is 5.13. The highest BCUT2D eigenvalue weighted by atomic mass is 14.3. The van der Waals surface area contributed by atoms with Crippen LogP contribution in [0.5, 0.6) is 0 Å². The van der Waals surface area contributed by atoms with Crippen molar-refractivity contribution in [1.29, 1.82) is 0 Å². The molecule has 0 unspecified atom stereocenters. The highest BCUT2D eigenvalue weighted by molar-refractivity contribution is 5.80. The zero-order valence-electron chi connectivity index (χ0n) is 12.1. The third kappa shape index (κ3) is 2.78. The van der Waals surface area contributed by atoms with E-state index < -0.39 is 0 Å². The van der Waals surface area contributed by atoms with Gasteiger partial charge in [0.2, 0.25) is 0 Å². The van der Waals surface area contributed by atoms with Crippen molar-refractivity contribution < 1.29 is 0 Å². The fourth-order valence-electron chi connectivity index (χ4n) is 2.32. The Morgan fingerprint density at radius 3 is 2.16 bits per heavy atom. The van der Waals surface area contributed by atoms with Crippen LogP contribution in [0.1, 0.15) is 43.9 Å². The molecule has 0 radical (unpaired) electrons. The van der Waals surface area contributed by atoms with E-state index in [9.17, 15) is 0 Å². The molecule has 0 N–H and O–H groups in total. The molecule has 2 rings (SSSR count). The van der Waals surface area contributed by atoms with E-state index in [-0.39, 0.29) is 5.41 Å². The monoisotopic (exact) mass is 250 g/mol. The topological polar surface area (TPSA) is 0 Å². The Morgan fingerprint density at radius 2 is 1.53 bits per heavy atom. The van der Waals surface area contributed by atoms with Gasteiger partial charge in [-0.05, 0) is 34.1 Å². The van der Waals surface area contributed by atoms with Crippen molar-refractivity contribution in [2.24, 2.45) is 0 Å². The van der Waals surface area contributed by atoms with Crippen LogP contribution in [0.3, 0.4) is 0 Å². The molecule has 0 aliphatic rings. The summed E-state index contributed by atoms with van der Waals surface area (Å²) in [4.78, 5) is 0. The van der Waals surface area contributed by atoms with Crippen LogP contribution in [0.4, 0.5) is 0 Å². The van der Waals surface area contributed by atoms with Gasteiger partial charge >= 0.3 is 0 Å². The summed E-state index contributed by atoms with van der Waals surface area (Å²) in [5.74, 6) is 0. The predicted molar refractivity (Wildman–Crippen MR) is 84.3 cm³/mol. The Balaban J connectivity index is 2.49. The summed E-state index contributed by atoms with van der Waals surface area (Å²) >= 11 is 0. The molecular formula is C19H22. The van der Waals surface area contributed by atoms with Crippen molar-refractivity contribution in [3.63, 3.8) is 0 Å². The van der Waals surface area contributed by atoms with Crippen molar-refractivity contribution in [3.05, 3.63) is 77.9 Å². The highest BCUT2D eigenvalue weighted by Gasteiger charge is 2.22. The van der Waals surface area contributed by atoms with Crippen LogP contribution in [0.2, 0.25) is 0 Å². The average Bonchev–Trinajstić information content (AvgIpc) is 2.47. The zero-order chi connectivity index (χ0) is 13.9. The maximum Gasteiger partial charge on any atom is -0.0100 e. The predicted octanol–water partition coefficient (Wildman–Crippen LogP) is 5.44. The molecule has 0 aliphatic carbocycles. The highest BCUT2D eigenvalue weighted by Crippen LogP contribution is 2.34. The molecule has 0 nitrogen and oxygen atoms in total. The lowest BCUT2D eigenvalue weighted by atomic mass is 9.77. The molecule has 0 atom stereocenters. The van der Waals surface area contributed by atoms with Crippen LogP contribution in [0.15, 0.2) is 61.2 Å². The van der Waals surface area contributed by atoms with E-state index in [2.05, 4.69) is 75.9 Å². The van der Waals surface area contributed by atoms with Gasteiger partial charge in [0.25, 0.3) is 0 Å². The van der Waals surface area contributed by atoms with Crippen LogP contribution in [-0.4, -0.2) is 0 Å². The molecule has 0 spiro atoms. The van der Waals surface area contributed by atoms with Crippen LogP contribution < -0.4 is 0 Å². The molecule has 2 aromatic rings. The molecule has 19 heavy (non-hydrogen) atoms. The summed E-state index contributed by atoms with van der Waals surface area (Å²) in [7, 11) is 0. The van der Waals surface area contributed by atoms with Gasteiger partial charge in [-0.2, -0.15) is 0 Å². The van der Waals surface area contributed by atoms with Gasteiger partial charge in [0.05, 0.1) is 0 Å². The van der Waals surface area contributed by atoms with Gasteiger partial charge in [-0.25, -0.2) is 0 Å². The van der Waals surface area contributed by atoms with Crippen LogP contribution >= 0.6 is 0 Å². The molecule has 0 saturated heterocycles. The minimum atomic E-state index is 0.175. The summed E-state index contributed by atoms with van der Waals surface area (Å²) in [6.07, 6.45) is 1.12. The van der Waals surface area contributed by atoms with Crippen molar-refractivity contribution in [3.8, 4) is 0 Å². The minimum absolute atomic E-state index is 0.175. The van der Waals surface area contributed by atoms with Crippen molar-refractivity contribution >= 4 is 5.57 Å². The summed E-state index contributed by atoms with van der Waals surface area (Å²) in [6, 6.07) is 19.0. The molecule has 0 aliphatic heterocycles. The summed E-state index contributed by atoms with van der Waals surface area (Å²) < 4.78 is 0. The second-order valence-electron chi connectivity index (χ2n) is 5.63. The standard InChI is InChI=1S/C19H22/c1-5-19(3,4)18-14-10-9-13-17(18)15(2)16-11-7-6-8-12-16/h6-14H,2,5H2,1,3-4H3. The van der Waals surface area contributed by atoms with E-state index in [0.717, 1.165) is 12.0 Å². The largest absolute Gasteiger partial charge is 0.0905 e. The van der Waals surface area contributed by atoms with Crippen LogP contribution in [-0.2, 0) is 5.41 Å². The molecule has 0 amide bonds. The number of hydrogen-bond acceptors (Lipinski definition) is 0. The molecule has 98 valence electrons. The zero-order valence-corrected chi connectivity index (χ0v) is 12.1. The number of benzene rings is 2. The Hall–Kier alpha value is -1.82. The van der Waals surface area contributed by atoms with Crippen molar-refractivity contribution in [2.45, 2.75) is 32.6 Å². The normalized spacial score (nSPS) is 11.3. The van der Waals surface area contributed by atoms with Crippen molar-refractivity contribution in [1.82, 2.24) is 0 Å². The molecule has 0 heterocycles. The number of hydrogen-bond donors (Lipinski definition) is 0. The first kappa shape index (κ1) is 13.6. The Bertz CT molecular complexity index is 562. The van der Waals surface area contributed by atoms with Crippen LogP contribution in [0.25, 0.3) is 5.57 Å². The molecule has 0 heteroatoms. The molecule has 2 aromatic carbocycles. The lowest BCUT2D eigenvalue weighted by Gasteiger charge is -2.27. The van der Waals surface area contributed by atoms with E-state index in [1.165, 1.54) is 16.7 Å². The van der Waals surface area contributed by atoms with Gasteiger partial charge in [-0.1, -0.05) is 81.9 Å². The molecule has 0 bridgehead atoms. The first-order chi connectivity index (χ1) is 9.06. The van der Waals surface area contributed by atoms with E-state index >= 15 is 0 Å². The summed E-state index contributed by atoms with van der Waals surface area (Å²) in [6.45, 7) is 11.1. The average molecular weight is 250 g/mol. The van der Waals surface area contributed by atoms with Gasteiger partial charge in [0, 0.05) is 0 Å². The van der Waals surface area contributed by atoms with Crippen molar-refractivity contribution in [2.75, 3.05) is 0 Å². The van der Waals surface area contributed by atoms with Crippen LogP contribution in [0, 0.1) is 0 Å². The van der Waals surface area contributed by atoms with E-state index in [1.54, 1.807) is 0 Å². The maximum atomic E-state index is 4.30. The maximum absolute atomic E-state index is 4.30. The van der Waals surface area contributed by atoms with Gasteiger partial charge in [0.15, 0.2) is 0 Å². The first-order valence-electron chi connectivity index (χ1n) is 6.90.